The lowest BCUT2D eigenvalue weighted by atomic mass is 9.96. The van der Waals surface area contributed by atoms with Crippen molar-refractivity contribution in [1.29, 1.82) is 0 Å². The Kier molecular flexibility index (Phi) is 3.68. The van der Waals surface area contributed by atoms with Gasteiger partial charge in [0.15, 0.2) is 0 Å². The monoisotopic (exact) mass is 304 g/mol. The van der Waals surface area contributed by atoms with E-state index in [-0.39, 0.29) is 17.6 Å². The highest BCUT2D eigenvalue weighted by Gasteiger charge is 2.31. The van der Waals surface area contributed by atoms with Gasteiger partial charge in [0.05, 0.1) is 11.6 Å². The summed E-state index contributed by atoms with van der Waals surface area (Å²) in [4.78, 5) is 16.0. The van der Waals surface area contributed by atoms with Gasteiger partial charge in [-0.05, 0) is 48.1 Å². The van der Waals surface area contributed by atoms with Crippen LogP contribution in [0.2, 0.25) is 0 Å². The molecule has 110 valence electrons. The van der Waals surface area contributed by atoms with Gasteiger partial charge in [0, 0.05) is 17.1 Å². The van der Waals surface area contributed by atoms with E-state index in [1.165, 1.54) is 28.6 Å². The molecule has 5 heteroatoms. The Bertz CT molecular complexity index is 683. The molecular formula is C16H17FN2OS. The zero-order valence-electron chi connectivity index (χ0n) is 11.8. The van der Waals surface area contributed by atoms with Crippen molar-refractivity contribution in [3.05, 3.63) is 51.5 Å². The molecule has 0 radical (unpaired) electrons. The molecule has 0 aliphatic carbocycles. The molecule has 0 saturated heterocycles. The first-order valence-corrected chi connectivity index (χ1v) is 7.92. The molecule has 0 fully saturated rings. The fourth-order valence-corrected chi connectivity index (χ4v) is 3.89. The van der Waals surface area contributed by atoms with Crippen molar-refractivity contribution in [1.82, 2.24) is 4.90 Å². The maximum atomic E-state index is 13.1. The van der Waals surface area contributed by atoms with Gasteiger partial charge in [-0.1, -0.05) is 6.92 Å². The van der Waals surface area contributed by atoms with Crippen LogP contribution in [0.5, 0.6) is 0 Å². The van der Waals surface area contributed by atoms with Gasteiger partial charge in [0.1, 0.15) is 5.82 Å². The highest BCUT2D eigenvalue weighted by molar-refractivity contribution is 7.10. The largest absolute Gasteiger partial charge is 0.398 e. The highest BCUT2D eigenvalue weighted by atomic mass is 32.1. The molecule has 3 nitrogen and oxygen atoms in total. The molecule has 2 aromatic rings. The Hall–Kier alpha value is -1.88. The minimum Gasteiger partial charge on any atom is -0.398 e. The number of fused-ring (bicyclic) bond motifs is 1. The van der Waals surface area contributed by atoms with E-state index in [2.05, 4.69) is 18.4 Å². The number of halogens is 1. The predicted octanol–water partition coefficient (Wildman–Crippen LogP) is 3.62. The van der Waals surface area contributed by atoms with Crippen LogP contribution in [0.1, 0.15) is 40.2 Å². The number of nitrogens with zero attached hydrogens (tertiary/aromatic N) is 1. The van der Waals surface area contributed by atoms with Crippen LogP contribution in [-0.4, -0.2) is 17.4 Å². The van der Waals surface area contributed by atoms with E-state index in [0.717, 1.165) is 12.8 Å². The number of nitrogens with two attached hydrogens (primary N) is 1. The van der Waals surface area contributed by atoms with Crippen molar-refractivity contribution >= 4 is 22.9 Å². The first kappa shape index (κ1) is 14.1. The number of anilines is 1. The summed E-state index contributed by atoms with van der Waals surface area (Å²) in [6.45, 7) is 2.76. The zero-order chi connectivity index (χ0) is 15.0. The van der Waals surface area contributed by atoms with Crippen LogP contribution in [0.25, 0.3) is 0 Å². The lowest BCUT2D eigenvalue weighted by Crippen LogP contribution is -2.39. The molecule has 2 heterocycles. The topological polar surface area (TPSA) is 46.3 Å². The lowest BCUT2D eigenvalue weighted by Gasteiger charge is -2.35. The van der Waals surface area contributed by atoms with Crippen molar-refractivity contribution < 1.29 is 9.18 Å². The lowest BCUT2D eigenvalue weighted by molar-refractivity contribution is 0.0658. The third kappa shape index (κ3) is 2.42. The fraction of sp³-hybridized carbons (Fsp3) is 0.312. The highest BCUT2D eigenvalue weighted by Crippen LogP contribution is 2.36. The summed E-state index contributed by atoms with van der Waals surface area (Å²) in [5.41, 5.74) is 7.63. The van der Waals surface area contributed by atoms with Gasteiger partial charge in [0.25, 0.3) is 5.91 Å². The van der Waals surface area contributed by atoms with Crippen molar-refractivity contribution in [2.24, 2.45) is 0 Å². The fourth-order valence-electron chi connectivity index (χ4n) is 2.96. The van der Waals surface area contributed by atoms with Gasteiger partial charge in [-0.15, -0.1) is 11.3 Å². The number of carbonyl (C=O) groups excluding carboxylic acids is 1. The van der Waals surface area contributed by atoms with Crippen LogP contribution in [0.15, 0.2) is 29.6 Å². The molecule has 1 atom stereocenters. The summed E-state index contributed by atoms with van der Waals surface area (Å²) in [6, 6.07) is 6.14. The van der Waals surface area contributed by atoms with E-state index in [0.29, 0.717) is 12.1 Å². The number of carbonyl (C=O) groups is 1. The smallest absolute Gasteiger partial charge is 0.256 e. The van der Waals surface area contributed by atoms with Crippen LogP contribution in [-0.2, 0) is 6.42 Å². The first-order chi connectivity index (χ1) is 10.1. The Morgan fingerprint density at radius 1 is 1.48 bits per heavy atom. The normalized spacial score (nSPS) is 17.6. The van der Waals surface area contributed by atoms with E-state index in [1.807, 2.05) is 4.90 Å². The number of rotatable bonds is 2. The second kappa shape index (κ2) is 5.48. The summed E-state index contributed by atoms with van der Waals surface area (Å²) in [5, 5.41) is 2.08. The SMILES string of the molecule is CCC1c2ccsc2CCN1C(=O)c1ccc(F)cc1N. The van der Waals surface area contributed by atoms with Gasteiger partial charge in [-0.25, -0.2) is 4.39 Å². The molecule has 0 bridgehead atoms. The molecule has 1 amide bonds. The van der Waals surface area contributed by atoms with Gasteiger partial charge >= 0.3 is 0 Å². The molecule has 2 N–H and O–H groups in total. The van der Waals surface area contributed by atoms with Crippen molar-refractivity contribution in [2.45, 2.75) is 25.8 Å². The number of thiophene rings is 1. The van der Waals surface area contributed by atoms with Crippen molar-refractivity contribution in [3.63, 3.8) is 0 Å². The Morgan fingerprint density at radius 3 is 3.00 bits per heavy atom. The average molecular weight is 304 g/mol. The predicted molar refractivity (Wildman–Crippen MR) is 82.9 cm³/mol. The molecule has 1 aromatic heterocycles. The minimum atomic E-state index is -0.421. The van der Waals surface area contributed by atoms with E-state index in [1.54, 1.807) is 11.3 Å². The van der Waals surface area contributed by atoms with E-state index < -0.39 is 5.82 Å². The first-order valence-electron chi connectivity index (χ1n) is 7.04. The van der Waals surface area contributed by atoms with Crippen LogP contribution in [0, 0.1) is 5.82 Å². The molecule has 0 spiro atoms. The number of hydrogen-bond donors (Lipinski definition) is 1. The Morgan fingerprint density at radius 2 is 2.29 bits per heavy atom. The maximum absolute atomic E-state index is 13.1. The Labute approximate surface area is 127 Å². The van der Waals surface area contributed by atoms with Gasteiger partial charge in [-0.3, -0.25) is 4.79 Å². The third-order valence-corrected chi connectivity index (χ3v) is 4.98. The molecule has 1 unspecified atom stereocenters. The summed E-state index contributed by atoms with van der Waals surface area (Å²) in [7, 11) is 0. The van der Waals surface area contributed by atoms with E-state index >= 15 is 0 Å². The third-order valence-electron chi connectivity index (χ3n) is 3.99. The second-order valence-electron chi connectivity index (χ2n) is 5.20. The molecule has 1 aliphatic rings. The zero-order valence-corrected chi connectivity index (χ0v) is 12.6. The van der Waals surface area contributed by atoms with Crippen molar-refractivity contribution in [2.75, 3.05) is 12.3 Å². The molecule has 3 rings (SSSR count). The number of amides is 1. The summed E-state index contributed by atoms with van der Waals surface area (Å²) in [5.74, 6) is -0.536. The van der Waals surface area contributed by atoms with Gasteiger partial charge in [-0.2, -0.15) is 0 Å². The summed E-state index contributed by atoms with van der Waals surface area (Å²) < 4.78 is 13.1. The number of benzene rings is 1. The number of hydrogen-bond acceptors (Lipinski definition) is 3. The van der Waals surface area contributed by atoms with Gasteiger partial charge in [0.2, 0.25) is 0 Å². The standard InChI is InChI=1S/C16H17FN2OS/c1-2-14-12-6-8-21-15(12)5-7-19(14)16(20)11-4-3-10(17)9-13(11)18/h3-4,6,8-9,14H,2,5,7,18H2,1H3. The average Bonchev–Trinajstić information content (AvgIpc) is 2.94. The van der Waals surface area contributed by atoms with E-state index in [9.17, 15) is 9.18 Å². The Balaban J connectivity index is 1.94. The van der Waals surface area contributed by atoms with Crippen LogP contribution < -0.4 is 5.73 Å². The quantitative estimate of drug-likeness (QED) is 0.861. The molecular weight excluding hydrogens is 287 g/mol. The van der Waals surface area contributed by atoms with E-state index in [4.69, 9.17) is 5.73 Å². The molecule has 21 heavy (non-hydrogen) atoms. The van der Waals surface area contributed by atoms with Crippen LogP contribution in [0.4, 0.5) is 10.1 Å². The minimum absolute atomic E-state index is 0.0805. The number of nitrogen functional groups attached to an aromatic ring is 1. The summed E-state index contributed by atoms with van der Waals surface area (Å²) in [6.07, 6.45) is 1.73. The maximum Gasteiger partial charge on any atom is 0.256 e. The summed E-state index contributed by atoms with van der Waals surface area (Å²) >= 11 is 1.75. The molecule has 0 saturated carbocycles. The van der Waals surface area contributed by atoms with Crippen LogP contribution >= 0.6 is 11.3 Å². The molecule has 1 aromatic carbocycles. The van der Waals surface area contributed by atoms with Crippen molar-refractivity contribution in [3.8, 4) is 0 Å². The molecule has 1 aliphatic heterocycles. The second-order valence-corrected chi connectivity index (χ2v) is 6.20. The van der Waals surface area contributed by atoms with Crippen LogP contribution in [0.3, 0.4) is 0 Å². The van der Waals surface area contributed by atoms with Gasteiger partial charge < -0.3 is 10.6 Å².